The molecule has 0 aliphatic carbocycles. The molecule has 1 unspecified atom stereocenters. The van der Waals surface area contributed by atoms with E-state index in [0.29, 0.717) is 11.3 Å². The molecule has 102 valence electrons. The van der Waals surface area contributed by atoms with Gasteiger partial charge in [-0.05, 0) is 45.9 Å². The molecule has 19 heavy (non-hydrogen) atoms. The van der Waals surface area contributed by atoms with E-state index in [2.05, 4.69) is 0 Å². The summed E-state index contributed by atoms with van der Waals surface area (Å²) in [5, 5.41) is 9.01. The molecule has 1 atom stereocenters. The number of benzene rings is 1. The van der Waals surface area contributed by atoms with Crippen LogP contribution >= 0.6 is 11.6 Å². The number of ether oxygens (including phenoxy) is 2. The number of hydrogen-bond donors (Lipinski definition) is 0. The first-order chi connectivity index (χ1) is 8.73. The highest BCUT2D eigenvalue weighted by Gasteiger charge is 2.23. The van der Waals surface area contributed by atoms with Crippen molar-refractivity contribution in [3.63, 3.8) is 0 Å². The van der Waals surface area contributed by atoms with Gasteiger partial charge in [-0.3, -0.25) is 0 Å². The van der Waals surface area contributed by atoms with Crippen molar-refractivity contribution in [3.8, 4) is 11.8 Å². The van der Waals surface area contributed by atoms with E-state index < -0.39 is 17.7 Å². The number of carbonyl (C=O) groups is 1. The predicted octanol–water partition coefficient (Wildman–Crippen LogP) is 3.32. The highest BCUT2D eigenvalue weighted by atomic mass is 35.5. The van der Waals surface area contributed by atoms with Crippen LogP contribution in [0.4, 0.5) is 0 Å². The van der Waals surface area contributed by atoms with Crippen LogP contribution in [0.15, 0.2) is 18.2 Å². The second-order valence-corrected chi connectivity index (χ2v) is 5.46. The number of hydrogen-bond acceptors (Lipinski definition) is 4. The maximum atomic E-state index is 11.8. The van der Waals surface area contributed by atoms with Crippen LogP contribution in [0.5, 0.6) is 5.75 Å². The van der Waals surface area contributed by atoms with Crippen LogP contribution in [0, 0.1) is 11.3 Å². The van der Waals surface area contributed by atoms with Crippen molar-refractivity contribution in [2.45, 2.75) is 39.4 Å². The van der Waals surface area contributed by atoms with Gasteiger partial charge in [0.25, 0.3) is 0 Å². The van der Waals surface area contributed by atoms with Gasteiger partial charge in [0.2, 0.25) is 0 Å². The maximum Gasteiger partial charge on any atom is 0.347 e. The number of halogens is 1. The highest BCUT2D eigenvalue weighted by Crippen LogP contribution is 2.26. The van der Waals surface area contributed by atoms with E-state index in [1.165, 1.54) is 6.07 Å². The summed E-state index contributed by atoms with van der Waals surface area (Å²) in [6.07, 6.45) is -0.773. The average Bonchev–Trinajstić information content (AvgIpc) is 2.29. The van der Waals surface area contributed by atoms with E-state index in [4.69, 9.17) is 26.3 Å². The van der Waals surface area contributed by atoms with Crippen molar-refractivity contribution < 1.29 is 14.3 Å². The first-order valence-corrected chi connectivity index (χ1v) is 6.20. The fraction of sp³-hybridized carbons (Fsp3) is 0.429. The summed E-state index contributed by atoms with van der Waals surface area (Å²) in [5.41, 5.74) is -0.134. The molecule has 0 N–H and O–H groups in total. The Kier molecular flexibility index (Phi) is 4.79. The summed E-state index contributed by atoms with van der Waals surface area (Å²) in [6, 6.07) is 6.59. The zero-order chi connectivity index (χ0) is 14.6. The van der Waals surface area contributed by atoms with Crippen molar-refractivity contribution in [1.29, 1.82) is 5.26 Å². The molecule has 0 aliphatic heterocycles. The Labute approximate surface area is 117 Å². The van der Waals surface area contributed by atoms with E-state index in [1.54, 1.807) is 39.8 Å². The molecule has 0 spiro atoms. The van der Waals surface area contributed by atoms with Crippen molar-refractivity contribution in [2.75, 3.05) is 0 Å². The van der Waals surface area contributed by atoms with Crippen LogP contribution in [0.25, 0.3) is 0 Å². The van der Waals surface area contributed by atoms with Crippen molar-refractivity contribution >= 4 is 17.6 Å². The molecule has 0 saturated heterocycles. The van der Waals surface area contributed by atoms with E-state index in [1.807, 2.05) is 6.07 Å². The van der Waals surface area contributed by atoms with Crippen LogP contribution in [0.2, 0.25) is 5.02 Å². The summed E-state index contributed by atoms with van der Waals surface area (Å²) >= 11 is 5.96. The summed E-state index contributed by atoms with van der Waals surface area (Å²) in [5.74, 6) is -0.119. The van der Waals surface area contributed by atoms with Gasteiger partial charge >= 0.3 is 5.97 Å². The van der Waals surface area contributed by atoms with Gasteiger partial charge in [-0.25, -0.2) is 4.79 Å². The normalized spacial score (nSPS) is 12.4. The highest BCUT2D eigenvalue weighted by molar-refractivity contribution is 6.32. The minimum Gasteiger partial charge on any atom is -0.477 e. The number of nitriles is 1. The Morgan fingerprint density at radius 2 is 2.05 bits per heavy atom. The minimum absolute atomic E-state index is 0.287. The lowest BCUT2D eigenvalue weighted by atomic mass is 10.2. The van der Waals surface area contributed by atoms with Gasteiger partial charge < -0.3 is 9.47 Å². The lowest BCUT2D eigenvalue weighted by Gasteiger charge is -2.22. The SMILES string of the molecule is CC(Oc1ccc(C#N)cc1Cl)C(=O)OC(C)(C)C. The van der Waals surface area contributed by atoms with E-state index in [0.717, 1.165) is 0 Å². The molecule has 5 heteroatoms. The topological polar surface area (TPSA) is 59.3 Å². The fourth-order valence-electron chi connectivity index (χ4n) is 1.29. The zero-order valence-electron chi connectivity index (χ0n) is 11.4. The molecule has 1 aromatic rings. The van der Waals surface area contributed by atoms with Gasteiger partial charge in [-0.1, -0.05) is 11.6 Å². The minimum atomic E-state index is -0.773. The van der Waals surface area contributed by atoms with Gasteiger partial charge in [-0.2, -0.15) is 5.26 Å². The second-order valence-electron chi connectivity index (χ2n) is 5.05. The molecule has 0 heterocycles. The molecule has 4 nitrogen and oxygen atoms in total. The molecule has 0 saturated carbocycles. The third-order valence-electron chi connectivity index (χ3n) is 2.10. The molecule has 0 fully saturated rings. The third-order valence-corrected chi connectivity index (χ3v) is 2.40. The molecule has 0 aromatic heterocycles. The van der Waals surface area contributed by atoms with E-state index in [9.17, 15) is 4.79 Å². The van der Waals surface area contributed by atoms with Gasteiger partial charge in [0.05, 0.1) is 16.7 Å². The lowest BCUT2D eigenvalue weighted by Crippen LogP contribution is -2.33. The predicted molar refractivity (Wildman–Crippen MR) is 72.1 cm³/mol. The molecule has 0 bridgehead atoms. The third kappa shape index (κ3) is 4.80. The van der Waals surface area contributed by atoms with Crippen molar-refractivity contribution in [1.82, 2.24) is 0 Å². The van der Waals surface area contributed by atoms with Gasteiger partial charge in [0.1, 0.15) is 11.4 Å². The first kappa shape index (κ1) is 15.3. The van der Waals surface area contributed by atoms with Crippen LogP contribution in [-0.2, 0) is 9.53 Å². The number of rotatable bonds is 3. The summed E-state index contributed by atoms with van der Waals surface area (Å²) in [7, 11) is 0. The number of nitrogens with zero attached hydrogens (tertiary/aromatic N) is 1. The standard InChI is InChI=1S/C14H16ClNO3/c1-9(13(17)19-14(2,3)4)18-12-6-5-10(8-16)7-11(12)15/h5-7,9H,1-4H3. The Balaban J connectivity index is 2.75. The lowest BCUT2D eigenvalue weighted by molar-refractivity contribution is -0.162. The van der Waals surface area contributed by atoms with E-state index >= 15 is 0 Å². The summed E-state index contributed by atoms with van der Waals surface area (Å²) in [6.45, 7) is 6.94. The number of esters is 1. The van der Waals surface area contributed by atoms with Crippen molar-refractivity contribution in [2.24, 2.45) is 0 Å². The molecule has 0 aliphatic rings. The van der Waals surface area contributed by atoms with Crippen LogP contribution in [0.1, 0.15) is 33.3 Å². The molecule has 1 rings (SSSR count). The number of carbonyl (C=O) groups excluding carboxylic acids is 1. The van der Waals surface area contributed by atoms with Crippen LogP contribution in [-0.4, -0.2) is 17.7 Å². The molecule has 0 radical (unpaired) electrons. The summed E-state index contributed by atoms with van der Waals surface area (Å²) < 4.78 is 10.6. The Morgan fingerprint density at radius 1 is 1.42 bits per heavy atom. The molecule has 0 amide bonds. The smallest absolute Gasteiger partial charge is 0.347 e. The molecular formula is C14H16ClNO3. The summed E-state index contributed by atoms with van der Waals surface area (Å²) in [4.78, 5) is 11.8. The van der Waals surface area contributed by atoms with Crippen molar-refractivity contribution in [3.05, 3.63) is 28.8 Å². The monoisotopic (exact) mass is 281 g/mol. The fourth-order valence-corrected chi connectivity index (χ4v) is 1.51. The first-order valence-electron chi connectivity index (χ1n) is 5.82. The molecule has 1 aromatic carbocycles. The van der Waals surface area contributed by atoms with Gasteiger partial charge in [0, 0.05) is 0 Å². The Morgan fingerprint density at radius 3 is 2.53 bits per heavy atom. The Hall–Kier alpha value is -1.73. The Bertz CT molecular complexity index is 514. The van der Waals surface area contributed by atoms with Gasteiger partial charge in [0.15, 0.2) is 6.10 Å². The second kappa shape index (κ2) is 5.94. The van der Waals surface area contributed by atoms with Crippen LogP contribution < -0.4 is 4.74 Å². The maximum absolute atomic E-state index is 11.8. The quantitative estimate of drug-likeness (QED) is 0.798. The largest absolute Gasteiger partial charge is 0.477 e. The average molecular weight is 282 g/mol. The van der Waals surface area contributed by atoms with E-state index in [-0.39, 0.29) is 5.02 Å². The van der Waals surface area contributed by atoms with Gasteiger partial charge in [-0.15, -0.1) is 0 Å². The molecular weight excluding hydrogens is 266 g/mol. The van der Waals surface area contributed by atoms with Crippen LogP contribution in [0.3, 0.4) is 0 Å². The zero-order valence-corrected chi connectivity index (χ0v) is 12.1.